The number of ether oxygens (including phenoxy) is 2. The minimum Gasteiger partial charge on any atom is -0.393 e. The Labute approximate surface area is 95.0 Å². The molecule has 5 heteroatoms. The first-order chi connectivity index (χ1) is 7.75. The summed E-state index contributed by atoms with van der Waals surface area (Å²) in [4.78, 5) is 0. The minimum atomic E-state index is -0.377. The second-order valence-electron chi connectivity index (χ2n) is 4.05. The lowest BCUT2D eigenvalue weighted by molar-refractivity contribution is -0.0710. The van der Waals surface area contributed by atoms with Crippen LogP contribution in [0.25, 0.3) is 0 Å². The zero-order valence-corrected chi connectivity index (χ0v) is 9.50. The topological polar surface area (TPSA) is 56.5 Å². The summed E-state index contributed by atoms with van der Waals surface area (Å²) < 4.78 is 12.4. The molecule has 1 aliphatic heterocycles. The first-order valence-corrected chi connectivity index (χ1v) is 5.64. The number of aromatic nitrogens is 2. The standard InChI is InChI=1S/C11H18N2O3/c1-13-9(4-5-12-13)2-3-10(14)8-11-15-6-7-16-11/h4-5,10-11,14H,2-3,6-8H2,1H3. The van der Waals surface area contributed by atoms with E-state index in [-0.39, 0.29) is 12.4 Å². The second kappa shape index (κ2) is 5.43. The third kappa shape index (κ3) is 3.04. The Morgan fingerprint density at radius 1 is 1.56 bits per heavy atom. The van der Waals surface area contributed by atoms with E-state index >= 15 is 0 Å². The Morgan fingerprint density at radius 3 is 2.94 bits per heavy atom. The molecule has 0 saturated carbocycles. The Morgan fingerprint density at radius 2 is 2.31 bits per heavy atom. The zero-order chi connectivity index (χ0) is 11.4. The van der Waals surface area contributed by atoms with Crippen molar-refractivity contribution in [3.8, 4) is 0 Å². The highest BCUT2D eigenvalue weighted by Gasteiger charge is 2.20. The first-order valence-electron chi connectivity index (χ1n) is 5.64. The van der Waals surface area contributed by atoms with Crippen molar-refractivity contribution in [3.05, 3.63) is 18.0 Å². The van der Waals surface area contributed by atoms with Crippen LogP contribution in [0.4, 0.5) is 0 Å². The van der Waals surface area contributed by atoms with Gasteiger partial charge < -0.3 is 14.6 Å². The van der Waals surface area contributed by atoms with Crippen molar-refractivity contribution in [2.24, 2.45) is 7.05 Å². The molecule has 2 rings (SSSR count). The maximum absolute atomic E-state index is 9.81. The maximum atomic E-state index is 9.81. The highest BCUT2D eigenvalue weighted by molar-refractivity contribution is 5.00. The van der Waals surface area contributed by atoms with Gasteiger partial charge in [0.2, 0.25) is 0 Å². The molecule has 0 amide bonds. The van der Waals surface area contributed by atoms with Gasteiger partial charge in [-0.1, -0.05) is 0 Å². The molecule has 1 aliphatic rings. The summed E-state index contributed by atoms with van der Waals surface area (Å²) in [6.45, 7) is 1.28. The van der Waals surface area contributed by atoms with Crippen LogP contribution in [0.1, 0.15) is 18.5 Å². The molecule has 0 spiro atoms. The van der Waals surface area contributed by atoms with Crippen molar-refractivity contribution >= 4 is 0 Å². The van der Waals surface area contributed by atoms with E-state index in [2.05, 4.69) is 5.10 Å². The molecule has 90 valence electrons. The monoisotopic (exact) mass is 226 g/mol. The molecule has 5 nitrogen and oxygen atoms in total. The fraction of sp³-hybridized carbons (Fsp3) is 0.727. The molecule has 1 aromatic heterocycles. The lowest BCUT2D eigenvalue weighted by Crippen LogP contribution is -2.19. The van der Waals surface area contributed by atoms with Gasteiger partial charge in [-0.25, -0.2) is 0 Å². The molecule has 0 radical (unpaired) electrons. The van der Waals surface area contributed by atoms with Gasteiger partial charge in [-0.3, -0.25) is 4.68 Å². The molecule has 0 bridgehead atoms. The van der Waals surface area contributed by atoms with Crippen molar-refractivity contribution in [2.75, 3.05) is 13.2 Å². The van der Waals surface area contributed by atoms with E-state index in [0.29, 0.717) is 26.1 Å². The Hall–Kier alpha value is -0.910. The van der Waals surface area contributed by atoms with Crippen molar-refractivity contribution in [2.45, 2.75) is 31.7 Å². The second-order valence-corrected chi connectivity index (χ2v) is 4.05. The predicted octanol–water partition coefficient (Wildman–Crippen LogP) is 0.477. The molecule has 1 N–H and O–H groups in total. The molecule has 1 atom stereocenters. The molecule has 1 saturated heterocycles. The van der Waals surface area contributed by atoms with E-state index < -0.39 is 0 Å². The first kappa shape index (κ1) is 11.6. The Bertz CT molecular complexity index is 321. The SMILES string of the molecule is Cn1nccc1CCC(O)CC1OCCO1. The van der Waals surface area contributed by atoms with Gasteiger partial charge in [0.15, 0.2) is 6.29 Å². The predicted molar refractivity (Wildman–Crippen MR) is 57.8 cm³/mol. The smallest absolute Gasteiger partial charge is 0.160 e. The molecule has 1 fully saturated rings. The van der Waals surface area contributed by atoms with Crippen LogP contribution in [0.3, 0.4) is 0 Å². The van der Waals surface area contributed by atoms with Gasteiger partial charge in [0.05, 0.1) is 19.3 Å². The van der Waals surface area contributed by atoms with E-state index in [0.717, 1.165) is 12.1 Å². The summed E-state index contributed by atoms with van der Waals surface area (Å²) in [5.74, 6) is 0. The third-order valence-corrected chi connectivity index (χ3v) is 2.81. The average molecular weight is 226 g/mol. The lowest BCUT2D eigenvalue weighted by Gasteiger charge is -2.14. The van der Waals surface area contributed by atoms with Crippen LogP contribution in [0.5, 0.6) is 0 Å². The summed E-state index contributed by atoms with van der Waals surface area (Å²) >= 11 is 0. The van der Waals surface area contributed by atoms with Crippen molar-refractivity contribution in [3.63, 3.8) is 0 Å². The van der Waals surface area contributed by atoms with Gasteiger partial charge in [0.1, 0.15) is 0 Å². The fourth-order valence-corrected chi connectivity index (χ4v) is 1.84. The summed E-state index contributed by atoms with van der Waals surface area (Å²) in [7, 11) is 1.91. The van der Waals surface area contributed by atoms with Gasteiger partial charge >= 0.3 is 0 Å². The van der Waals surface area contributed by atoms with Crippen LogP contribution in [0, 0.1) is 0 Å². The molecular weight excluding hydrogens is 208 g/mol. The molecule has 1 aromatic rings. The Kier molecular flexibility index (Phi) is 3.93. The molecular formula is C11H18N2O3. The molecule has 0 aliphatic carbocycles. The van der Waals surface area contributed by atoms with Crippen LogP contribution < -0.4 is 0 Å². The van der Waals surface area contributed by atoms with Gasteiger partial charge in [-0.05, 0) is 18.9 Å². The zero-order valence-electron chi connectivity index (χ0n) is 9.50. The van der Waals surface area contributed by atoms with Crippen molar-refractivity contribution in [1.82, 2.24) is 9.78 Å². The lowest BCUT2D eigenvalue weighted by atomic mass is 10.1. The van der Waals surface area contributed by atoms with Crippen LogP contribution >= 0.6 is 0 Å². The van der Waals surface area contributed by atoms with Crippen LogP contribution in [0.2, 0.25) is 0 Å². The number of hydrogen-bond acceptors (Lipinski definition) is 4. The van der Waals surface area contributed by atoms with E-state index in [1.165, 1.54) is 0 Å². The molecule has 2 heterocycles. The summed E-state index contributed by atoms with van der Waals surface area (Å²) in [6, 6.07) is 1.97. The van der Waals surface area contributed by atoms with Crippen LogP contribution in [-0.2, 0) is 22.9 Å². The van der Waals surface area contributed by atoms with Crippen molar-refractivity contribution < 1.29 is 14.6 Å². The Balaban J connectivity index is 1.71. The van der Waals surface area contributed by atoms with Gasteiger partial charge in [0.25, 0.3) is 0 Å². The quantitative estimate of drug-likeness (QED) is 0.793. The normalized spacial score (nSPS) is 19.1. The summed E-state index contributed by atoms with van der Waals surface area (Å²) in [5.41, 5.74) is 1.13. The van der Waals surface area contributed by atoms with E-state index in [4.69, 9.17) is 9.47 Å². The summed E-state index contributed by atoms with van der Waals surface area (Å²) in [5, 5.41) is 13.9. The minimum absolute atomic E-state index is 0.221. The molecule has 1 unspecified atom stereocenters. The van der Waals surface area contributed by atoms with Crippen LogP contribution in [-0.4, -0.2) is 40.5 Å². The number of aliphatic hydroxyl groups is 1. The maximum Gasteiger partial charge on any atom is 0.160 e. The van der Waals surface area contributed by atoms with Gasteiger partial charge in [0, 0.05) is 25.4 Å². The number of hydrogen-bond donors (Lipinski definition) is 1. The summed E-state index contributed by atoms with van der Waals surface area (Å²) in [6.07, 6.45) is 3.26. The fourth-order valence-electron chi connectivity index (χ4n) is 1.84. The highest BCUT2D eigenvalue weighted by Crippen LogP contribution is 2.14. The van der Waals surface area contributed by atoms with Gasteiger partial charge in [-0.15, -0.1) is 0 Å². The molecule has 16 heavy (non-hydrogen) atoms. The average Bonchev–Trinajstić information content (AvgIpc) is 2.87. The van der Waals surface area contributed by atoms with E-state index in [1.54, 1.807) is 6.20 Å². The van der Waals surface area contributed by atoms with E-state index in [1.807, 2.05) is 17.8 Å². The molecule has 0 aromatic carbocycles. The van der Waals surface area contributed by atoms with Gasteiger partial charge in [-0.2, -0.15) is 5.10 Å². The third-order valence-electron chi connectivity index (χ3n) is 2.81. The number of aliphatic hydroxyl groups excluding tert-OH is 1. The number of nitrogens with zero attached hydrogens (tertiary/aromatic N) is 2. The van der Waals surface area contributed by atoms with Crippen LogP contribution in [0.15, 0.2) is 12.3 Å². The number of aryl methyl sites for hydroxylation is 2. The van der Waals surface area contributed by atoms with Crippen molar-refractivity contribution in [1.29, 1.82) is 0 Å². The number of rotatable bonds is 5. The van der Waals surface area contributed by atoms with E-state index in [9.17, 15) is 5.11 Å². The highest BCUT2D eigenvalue weighted by atomic mass is 16.7. The largest absolute Gasteiger partial charge is 0.393 e.